The molecule has 0 saturated heterocycles. The number of hydrogen-bond acceptors (Lipinski definition) is 3. The standard InChI is InChI=1S/C14H19N3S/c1-9(2)17-10(3)7-12(11(17)4)5-6-13-8-18-14(15)16-13/h5-9H,1-4H3,(H2,15,16)/b6-5+. The minimum absolute atomic E-state index is 0.488. The van der Waals surface area contributed by atoms with Gasteiger partial charge in [0.15, 0.2) is 5.13 Å². The van der Waals surface area contributed by atoms with E-state index in [1.165, 1.54) is 28.3 Å². The maximum atomic E-state index is 5.61. The van der Waals surface area contributed by atoms with Crippen molar-refractivity contribution in [3.8, 4) is 0 Å². The molecule has 2 N–H and O–H groups in total. The topological polar surface area (TPSA) is 43.8 Å². The van der Waals surface area contributed by atoms with Crippen molar-refractivity contribution in [3.63, 3.8) is 0 Å². The van der Waals surface area contributed by atoms with Crippen LogP contribution in [0.15, 0.2) is 11.4 Å². The molecular weight excluding hydrogens is 242 g/mol. The number of aryl methyl sites for hydroxylation is 1. The molecular formula is C14H19N3S. The second-order valence-corrected chi connectivity index (χ2v) is 5.62. The van der Waals surface area contributed by atoms with Gasteiger partial charge in [0.25, 0.3) is 0 Å². The van der Waals surface area contributed by atoms with Gasteiger partial charge in [0, 0.05) is 22.8 Å². The molecule has 0 radical (unpaired) electrons. The Morgan fingerprint density at radius 2 is 2.06 bits per heavy atom. The third-order valence-electron chi connectivity index (χ3n) is 3.01. The van der Waals surface area contributed by atoms with E-state index in [2.05, 4.69) is 49.4 Å². The first-order chi connectivity index (χ1) is 8.49. The van der Waals surface area contributed by atoms with Crippen molar-refractivity contribution in [2.45, 2.75) is 33.7 Å². The van der Waals surface area contributed by atoms with Crippen molar-refractivity contribution in [2.24, 2.45) is 0 Å². The largest absolute Gasteiger partial charge is 0.375 e. The third-order valence-corrected chi connectivity index (χ3v) is 3.71. The molecule has 0 bridgehead atoms. The van der Waals surface area contributed by atoms with Crippen molar-refractivity contribution in [1.82, 2.24) is 9.55 Å². The fourth-order valence-corrected chi connectivity index (χ4v) is 2.85. The number of nitrogens with zero attached hydrogens (tertiary/aromatic N) is 2. The number of nitrogens with two attached hydrogens (primary N) is 1. The average Bonchev–Trinajstić information content (AvgIpc) is 2.80. The van der Waals surface area contributed by atoms with Crippen molar-refractivity contribution < 1.29 is 0 Å². The van der Waals surface area contributed by atoms with E-state index < -0.39 is 0 Å². The Morgan fingerprint density at radius 1 is 1.33 bits per heavy atom. The van der Waals surface area contributed by atoms with Gasteiger partial charge < -0.3 is 10.3 Å². The Bertz CT molecular complexity index is 576. The van der Waals surface area contributed by atoms with Gasteiger partial charge in [-0.2, -0.15) is 0 Å². The summed E-state index contributed by atoms with van der Waals surface area (Å²) in [6, 6.07) is 2.70. The normalized spacial score (nSPS) is 11.8. The molecule has 0 aromatic carbocycles. The summed E-state index contributed by atoms with van der Waals surface area (Å²) in [6.07, 6.45) is 4.12. The van der Waals surface area contributed by atoms with Gasteiger partial charge >= 0.3 is 0 Å². The summed E-state index contributed by atoms with van der Waals surface area (Å²) in [4.78, 5) is 4.22. The molecule has 4 heteroatoms. The van der Waals surface area contributed by atoms with Crippen LogP contribution in [-0.4, -0.2) is 9.55 Å². The molecule has 2 aromatic rings. The van der Waals surface area contributed by atoms with Gasteiger partial charge in [-0.3, -0.25) is 0 Å². The zero-order valence-electron chi connectivity index (χ0n) is 11.3. The van der Waals surface area contributed by atoms with Gasteiger partial charge in [-0.05, 0) is 45.4 Å². The smallest absolute Gasteiger partial charge is 0.180 e. The maximum absolute atomic E-state index is 5.61. The summed E-state index contributed by atoms with van der Waals surface area (Å²) in [5.74, 6) is 0. The minimum atomic E-state index is 0.488. The summed E-state index contributed by atoms with van der Waals surface area (Å²) in [6.45, 7) is 8.70. The summed E-state index contributed by atoms with van der Waals surface area (Å²) < 4.78 is 2.34. The van der Waals surface area contributed by atoms with Gasteiger partial charge in [0.2, 0.25) is 0 Å². The summed E-state index contributed by atoms with van der Waals surface area (Å²) in [5.41, 5.74) is 10.4. The predicted molar refractivity (Wildman–Crippen MR) is 79.7 cm³/mol. The Labute approximate surface area is 112 Å². The monoisotopic (exact) mass is 261 g/mol. The van der Waals surface area contributed by atoms with Gasteiger partial charge in [0.1, 0.15) is 0 Å². The zero-order chi connectivity index (χ0) is 13.3. The second-order valence-electron chi connectivity index (χ2n) is 4.73. The molecule has 0 aliphatic rings. The molecule has 0 saturated carbocycles. The highest BCUT2D eigenvalue weighted by Crippen LogP contribution is 2.22. The van der Waals surface area contributed by atoms with E-state index in [0.29, 0.717) is 11.2 Å². The van der Waals surface area contributed by atoms with Crippen LogP contribution in [0.4, 0.5) is 5.13 Å². The van der Waals surface area contributed by atoms with Gasteiger partial charge in [0.05, 0.1) is 5.69 Å². The molecule has 0 spiro atoms. The molecule has 18 heavy (non-hydrogen) atoms. The lowest BCUT2D eigenvalue weighted by molar-refractivity contribution is 0.574. The van der Waals surface area contributed by atoms with Crippen LogP contribution in [0, 0.1) is 13.8 Å². The van der Waals surface area contributed by atoms with E-state index >= 15 is 0 Å². The Kier molecular flexibility index (Phi) is 3.57. The predicted octanol–water partition coefficient (Wildman–Crippen LogP) is 3.89. The SMILES string of the molecule is Cc1cc(/C=C/c2csc(N)n2)c(C)n1C(C)C. The van der Waals surface area contributed by atoms with Crippen molar-refractivity contribution in [3.05, 3.63) is 34.1 Å². The first-order valence-corrected chi connectivity index (χ1v) is 6.94. The lowest BCUT2D eigenvalue weighted by Crippen LogP contribution is -2.04. The number of aromatic nitrogens is 2. The highest BCUT2D eigenvalue weighted by Gasteiger charge is 2.09. The van der Waals surface area contributed by atoms with Crippen molar-refractivity contribution >= 4 is 28.6 Å². The third kappa shape index (κ3) is 2.48. The first kappa shape index (κ1) is 12.9. The molecule has 2 heterocycles. The molecule has 0 unspecified atom stereocenters. The first-order valence-electron chi connectivity index (χ1n) is 6.06. The van der Waals surface area contributed by atoms with Crippen LogP contribution < -0.4 is 5.73 Å². The highest BCUT2D eigenvalue weighted by atomic mass is 32.1. The number of nitrogen functional groups attached to an aromatic ring is 1. The fourth-order valence-electron chi connectivity index (χ4n) is 2.32. The molecule has 0 amide bonds. The van der Waals surface area contributed by atoms with Gasteiger partial charge in [-0.25, -0.2) is 4.98 Å². The molecule has 0 atom stereocenters. The molecule has 0 fully saturated rings. The van der Waals surface area contributed by atoms with E-state index in [1.54, 1.807) is 0 Å². The van der Waals surface area contributed by atoms with Crippen LogP contribution in [0.2, 0.25) is 0 Å². The van der Waals surface area contributed by atoms with Crippen molar-refractivity contribution in [1.29, 1.82) is 0 Å². The molecule has 2 rings (SSSR count). The number of thiazole rings is 1. The summed E-state index contributed by atoms with van der Waals surface area (Å²) in [5, 5.41) is 2.58. The van der Waals surface area contributed by atoms with E-state index in [-0.39, 0.29) is 0 Å². The van der Waals surface area contributed by atoms with Crippen LogP contribution in [-0.2, 0) is 0 Å². The Balaban J connectivity index is 2.30. The van der Waals surface area contributed by atoms with E-state index in [1.807, 2.05) is 11.5 Å². The van der Waals surface area contributed by atoms with Gasteiger partial charge in [-0.1, -0.05) is 6.08 Å². The molecule has 0 aliphatic carbocycles. The number of rotatable bonds is 3. The van der Waals surface area contributed by atoms with E-state index in [9.17, 15) is 0 Å². The Hall–Kier alpha value is -1.55. The lowest BCUT2D eigenvalue weighted by atomic mass is 10.2. The zero-order valence-corrected chi connectivity index (χ0v) is 12.1. The van der Waals surface area contributed by atoms with Crippen LogP contribution in [0.5, 0.6) is 0 Å². The average molecular weight is 261 g/mol. The second kappa shape index (κ2) is 4.98. The number of hydrogen-bond donors (Lipinski definition) is 1. The highest BCUT2D eigenvalue weighted by molar-refractivity contribution is 7.13. The quantitative estimate of drug-likeness (QED) is 0.910. The molecule has 96 valence electrons. The van der Waals surface area contributed by atoms with Crippen LogP contribution in [0.3, 0.4) is 0 Å². The molecule has 3 nitrogen and oxygen atoms in total. The van der Waals surface area contributed by atoms with Gasteiger partial charge in [-0.15, -0.1) is 11.3 Å². The summed E-state index contributed by atoms with van der Waals surface area (Å²) >= 11 is 1.47. The van der Waals surface area contributed by atoms with Crippen molar-refractivity contribution in [2.75, 3.05) is 5.73 Å². The Morgan fingerprint density at radius 3 is 2.56 bits per heavy atom. The van der Waals surface area contributed by atoms with Crippen LogP contribution >= 0.6 is 11.3 Å². The maximum Gasteiger partial charge on any atom is 0.180 e. The molecule has 0 aliphatic heterocycles. The van der Waals surface area contributed by atoms with E-state index in [4.69, 9.17) is 5.73 Å². The lowest BCUT2D eigenvalue weighted by Gasteiger charge is -2.13. The van der Waals surface area contributed by atoms with E-state index in [0.717, 1.165) is 5.69 Å². The number of anilines is 1. The summed E-state index contributed by atoms with van der Waals surface area (Å²) in [7, 11) is 0. The molecule has 2 aromatic heterocycles. The minimum Gasteiger partial charge on any atom is -0.375 e. The van der Waals surface area contributed by atoms with Crippen LogP contribution in [0.1, 0.15) is 42.5 Å². The fraction of sp³-hybridized carbons (Fsp3) is 0.357. The van der Waals surface area contributed by atoms with Crippen LogP contribution in [0.25, 0.3) is 12.2 Å².